The molecule has 0 saturated carbocycles. The van der Waals surface area contributed by atoms with Gasteiger partial charge in [-0.15, -0.1) is 0 Å². The van der Waals surface area contributed by atoms with E-state index in [2.05, 4.69) is 25.0 Å². The number of imidazole rings is 1. The Balaban J connectivity index is 0.00000151. The first-order chi connectivity index (χ1) is 14.8. The van der Waals surface area contributed by atoms with Crippen molar-refractivity contribution in [3.63, 3.8) is 0 Å². The highest BCUT2D eigenvalue weighted by Gasteiger charge is 2.16. The molecular formula is C19H34N5O6P. The lowest BCUT2D eigenvalue weighted by Gasteiger charge is -2.18. The minimum absolute atomic E-state index is 0.0854. The van der Waals surface area contributed by atoms with E-state index in [1.165, 1.54) is 0 Å². The Hall–Kier alpha value is -1.91. The number of anilines is 1. The molecule has 2 N–H and O–H groups in total. The normalized spacial score (nSPS) is 12.2. The monoisotopic (exact) mass is 459 g/mol. The fourth-order valence-corrected chi connectivity index (χ4v) is 3.25. The Morgan fingerprint density at radius 1 is 1.26 bits per heavy atom. The number of nitrogens with one attached hydrogen (secondary N) is 2. The van der Waals surface area contributed by atoms with Gasteiger partial charge in [0.2, 0.25) is 11.9 Å². The molecule has 0 aromatic carbocycles. The first-order valence-corrected chi connectivity index (χ1v) is 11.3. The lowest BCUT2D eigenvalue weighted by molar-refractivity contribution is -0.118. The van der Waals surface area contributed by atoms with Crippen LogP contribution in [0.25, 0.3) is 11.2 Å². The van der Waals surface area contributed by atoms with Crippen LogP contribution in [0, 0.1) is 5.92 Å². The zero-order chi connectivity index (χ0) is 23.4. The third-order valence-electron chi connectivity index (χ3n) is 4.13. The van der Waals surface area contributed by atoms with E-state index in [0.29, 0.717) is 25.0 Å². The maximum Gasteiger partial charge on any atom is 0.280 e. The summed E-state index contributed by atoms with van der Waals surface area (Å²) in [6.07, 6.45) is 2.92. The first kappa shape index (κ1) is 27.1. The number of H-pyrrole nitrogens is 1. The number of aromatic amines is 1. The van der Waals surface area contributed by atoms with Gasteiger partial charge in [-0.1, -0.05) is 20.8 Å². The van der Waals surface area contributed by atoms with Gasteiger partial charge in [0.25, 0.3) is 5.56 Å². The molecule has 0 aliphatic rings. The third-order valence-corrected chi connectivity index (χ3v) is 5.49. The smallest absolute Gasteiger partial charge is 0.280 e. The summed E-state index contributed by atoms with van der Waals surface area (Å²) in [5.74, 6) is -0.345. The Morgan fingerprint density at radius 2 is 1.90 bits per heavy atom. The van der Waals surface area contributed by atoms with Crippen LogP contribution in [0.4, 0.5) is 5.95 Å². The van der Waals surface area contributed by atoms with Crippen LogP contribution < -0.4 is 10.9 Å². The highest BCUT2D eigenvalue weighted by molar-refractivity contribution is 7.47. The molecule has 2 aromatic rings. The van der Waals surface area contributed by atoms with Gasteiger partial charge in [0.05, 0.1) is 25.6 Å². The molecular weight excluding hydrogens is 425 g/mol. The number of ether oxygens (including phenoxy) is 2. The second-order valence-corrected chi connectivity index (χ2v) is 8.70. The summed E-state index contributed by atoms with van der Waals surface area (Å²) in [6, 6.07) is 0. The predicted octanol–water partition coefficient (Wildman–Crippen LogP) is 2.38. The molecule has 2 aromatic heterocycles. The van der Waals surface area contributed by atoms with Gasteiger partial charge in [0, 0.05) is 40.5 Å². The molecule has 1 atom stereocenters. The maximum absolute atomic E-state index is 12.3. The number of nitrogens with zero attached hydrogens (tertiary/aromatic N) is 3. The highest BCUT2D eigenvalue weighted by atomic mass is 31.2. The van der Waals surface area contributed by atoms with Gasteiger partial charge in [-0.25, -0.2) is 4.98 Å². The summed E-state index contributed by atoms with van der Waals surface area (Å²) in [7, 11) is 5.54. The van der Waals surface area contributed by atoms with Gasteiger partial charge in [0.15, 0.2) is 19.5 Å². The van der Waals surface area contributed by atoms with Gasteiger partial charge in [0.1, 0.15) is 0 Å². The maximum atomic E-state index is 12.3. The van der Waals surface area contributed by atoms with E-state index < -0.39 is 13.9 Å². The van der Waals surface area contributed by atoms with Crippen molar-refractivity contribution >= 4 is 31.4 Å². The molecule has 12 heteroatoms. The van der Waals surface area contributed by atoms with E-state index in [1.807, 2.05) is 6.92 Å². The van der Waals surface area contributed by atoms with Gasteiger partial charge >= 0.3 is 0 Å². The second-order valence-electron chi connectivity index (χ2n) is 6.86. The lowest BCUT2D eigenvalue weighted by atomic mass is 10.2. The third kappa shape index (κ3) is 8.62. The number of carbonyl (C=O) groups is 1. The molecule has 0 spiro atoms. The topological polar surface area (TPSA) is 130 Å². The van der Waals surface area contributed by atoms with Crippen LogP contribution >= 0.6 is 8.38 Å². The molecule has 0 fully saturated rings. The zero-order valence-electron chi connectivity index (χ0n) is 19.3. The molecule has 0 aliphatic heterocycles. The average Bonchev–Trinajstić information content (AvgIpc) is 3.14. The van der Waals surface area contributed by atoms with Crippen LogP contribution in [0.1, 0.15) is 27.2 Å². The van der Waals surface area contributed by atoms with Crippen LogP contribution in [0.5, 0.6) is 0 Å². The van der Waals surface area contributed by atoms with E-state index in [9.17, 15) is 9.59 Å². The summed E-state index contributed by atoms with van der Waals surface area (Å²) < 4.78 is 22.4. The predicted molar refractivity (Wildman–Crippen MR) is 120 cm³/mol. The molecule has 11 nitrogen and oxygen atoms in total. The minimum Gasteiger partial charge on any atom is -0.388 e. The minimum atomic E-state index is -0.935. The van der Waals surface area contributed by atoms with Gasteiger partial charge in [-0.3, -0.25) is 19.9 Å². The van der Waals surface area contributed by atoms with Crippen molar-refractivity contribution < 1.29 is 23.3 Å². The van der Waals surface area contributed by atoms with Crippen LogP contribution in [0.3, 0.4) is 0 Å². The van der Waals surface area contributed by atoms with E-state index in [0.717, 1.165) is 6.42 Å². The number of hydrogen-bond donors (Lipinski definition) is 2. The fraction of sp³-hybridized carbons (Fsp3) is 0.684. The summed E-state index contributed by atoms with van der Waals surface area (Å²) in [6.45, 7) is 6.53. The highest BCUT2D eigenvalue weighted by Crippen LogP contribution is 2.35. The number of carbonyl (C=O) groups excluding carboxylic acids is 1. The Labute approximate surface area is 183 Å². The summed E-state index contributed by atoms with van der Waals surface area (Å²) in [5.41, 5.74) is 0.225. The summed E-state index contributed by atoms with van der Waals surface area (Å²) >= 11 is 0. The van der Waals surface area contributed by atoms with Crippen LogP contribution in [0.15, 0.2) is 11.1 Å². The molecule has 0 aliphatic carbocycles. The molecule has 0 radical (unpaired) electrons. The van der Waals surface area contributed by atoms with Crippen molar-refractivity contribution in [2.24, 2.45) is 5.92 Å². The Kier molecular flexibility index (Phi) is 12.4. The van der Waals surface area contributed by atoms with E-state index in [-0.39, 0.29) is 29.4 Å². The molecule has 0 saturated heterocycles. The van der Waals surface area contributed by atoms with Gasteiger partial charge in [-0.2, -0.15) is 4.98 Å². The molecule has 0 unspecified atom stereocenters. The van der Waals surface area contributed by atoms with E-state index >= 15 is 0 Å². The number of aromatic nitrogens is 4. The second kappa shape index (κ2) is 14.2. The summed E-state index contributed by atoms with van der Waals surface area (Å²) in [4.78, 5) is 35.2. The van der Waals surface area contributed by atoms with Crippen molar-refractivity contribution in [1.29, 1.82) is 0 Å². The zero-order valence-corrected chi connectivity index (χ0v) is 20.2. The summed E-state index contributed by atoms with van der Waals surface area (Å²) in [5, 5.41) is 2.61. The molecule has 2 heterocycles. The van der Waals surface area contributed by atoms with Crippen LogP contribution in [0.2, 0.25) is 0 Å². The first-order valence-electron chi connectivity index (χ1n) is 9.94. The molecule has 31 heavy (non-hydrogen) atoms. The molecule has 2 rings (SSSR count). The van der Waals surface area contributed by atoms with Crippen molar-refractivity contribution in [2.75, 3.05) is 46.5 Å². The fourth-order valence-electron chi connectivity index (χ4n) is 2.48. The van der Waals surface area contributed by atoms with Crippen molar-refractivity contribution in [2.45, 2.75) is 39.8 Å². The van der Waals surface area contributed by atoms with Crippen LogP contribution in [-0.4, -0.2) is 72.7 Å². The number of hydrogen-bond acceptors (Lipinski definition) is 8. The van der Waals surface area contributed by atoms with Crippen molar-refractivity contribution in [3.05, 3.63) is 16.7 Å². The van der Waals surface area contributed by atoms with E-state index in [4.69, 9.17) is 13.8 Å². The van der Waals surface area contributed by atoms with Crippen molar-refractivity contribution in [3.8, 4) is 0 Å². The SMILES string of the molecule is CC[C@H](Cn1cnc2c(=O)[nH]c(NC(=O)C(C)C)nc21)OCCP(OC)OC.COC. The number of amides is 1. The standard InChI is InChI=1S/C17H28N5O5P.C2H6O/c1-6-12(27-7-8-28(25-4)26-5)9-22-10-18-13-14(22)19-17(21-16(13)24)20-15(23)11(2)3;1-3-2/h10-12H,6-9H2,1-5H3,(H2,19,20,21,23,24);1-2H3/t12-;/m1./s1. The van der Waals surface area contributed by atoms with Crippen LogP contribution in [-0.2, 0) is 29.9 Å². The number of methoxy groups -OCH3 is 1. The molecule has 1 amide bonds. The molecule has 176 valence electrons. The number of rotatable bonds is 11. The quantitative estimate of drug-likeness (QED) is 0.490. The van der Waals surface area contributed by atoms with E-state index in [1.54, 1.807) is 53.2 Å². The van der Waals surface area contributed by atoms with Gasteiger partial charge in [-0.05, 0) is 6.42 Å². The largest absolute Gasteiger partial charge is 0.388 e. The van der Waals surface area contributed by atoms with Crippen molar-refractivity contribution in [1.82, 2.24) is 19.5 Å². The Bertz CT molecular complexity index is 852. The van der Waals surface area contributed by atoms with Gasteiger partial charge < -0.3 is 23.1 Å². The molecule has 0 bridgehead atoms. The Morgan fingerprint density at radius 3 is 2.45 bits per heavy atom. The lowest BCUT2D eigenvalue weighted by Crippen LogP contribution is -2.23. The average molecular weight is 459 g/mol. The number of fused-ring (bicyclic) bond motifs is 1.